The predicted octanol–water partition coefficient (Wildman–Crippen LogP) is 18.1. The molecule has 0 spiro atoms. The standard InChI is InChI=1S/C20H20ClFN2O.C20H18ClFN2O.C11H15ClN2.C11H13FSi.C9H5FO2.C6H4BrF.C5H10Si/c2*1-15-2-6-17(21)14-19(15)23-10-12-24(13-11-23)20(25)9-5-16-3-7-18(22)8-4-16;1-9-2-3-10(12)8-11(9)14-6-4-13-5-7-14;1-13(2,3)9-8-10-4-6-11(12)7-5-10;10-8-4-1-7(2-5-8)3-6-9(11)12;7-5-1-3-6(8)4-2-5;1-5-6(2,3)4/h2-9,14H,10-13H2,1H3;2-4,6-8,14H,10-13H2,1H3;2-3,8,13H,4-7H2,1H3;4-7H,1-3H3;1-2,4-5H,(H,11,12);1-4H;1H,2-4H3/b9-5-;;;;;;. The highest BCUT2D eigenvalue weighted by atomic mass is 79.9. The lowest BCUT2D eigenvalue weighted by molar-refractivity contribution is -0.130. The molecule has 0 saturated carbocycles. The lowest BCUT2D eigenvalue weighted by Crippen LogP contribution is -2.48. The molecule has 0 bridgehead atoms. The Morgan fingerprint density at radius 2 is 0.796 bits per heavy atom. The quantitative estimate of drug-likeness (QED) is 0.0761. The zero-order valence-electron chi connectivity index (χ0n) is 59.3. The second-order valence-electron chi connectivity index (χ2n) is 25.7. The number of terminal acetylenes is 1. The molecule has 3 aliphatic heterocycles. The molecular formula is C82H85BrCl3F5N6O4Si2. The molecule has 2 amide bonds. The highest BCUT2D eigenvalue weighted by Gasteiger charge is 2.23. The summed E-state index contributed by atoms with van der Waals surface area (Å²) in [4.78, 5) is 45.0. The lowest BCUT2D eigenvalue weighted by atomic mass is 10.1. The number of rotatable bonds is 5. The minimum Gasteiger partial charge on any atom is -0.472 e. The van der Waals surface area contributed by atoms with Gasteiger partial charge in [0.2, 0.25) is 5.91 Å². The maximum atomic E-state index is 12.9. The number of carboxylic acids is 1. The van der Waals surface area contributed by atoms with Crippen molar-refractivity contribution in [3.8, 4) is 47.1 Å². The van der Waals surface area contributed by atoms with Crippen LogP contribution in [0.5, 0.6) is 0 Å². The van der Waals surface area contributed by atoms with Crippen LogP contribution >= 0.6 is 50.7 Å². The largest absolute Gasteiger partial charge is 0.472 e. The molecule has 3 aliphatic rings. The minimum atomic E-state index is -1.31. The van der Waals surface area contributed by atoms with E-state index in [2.05, 4.69) is 143 Å². The Bertz CT molecular complexity index is 4310. The first-order chi connectivity index (χ1) is 48.8. The molecule has 0 aliphatic carbocycles. The Morgan fingerprint density at radius 1 is 0.466 bits per heavy atom. The minimum absolute atomic E-state index is 0.0215. The molecule has 3 fully saturated rings. The first kappa shape index (κ1) is 84.6. The number of carbonyl (C=O) groups excluding carboxylic acids is 2. The predicted molar refractivity (Wildman–Crippen MR) is 424 cm³/mol. The normalized spacial score (nSPS) is 13.0. The molecule has 0 atom stereocenters. The summed E-state index contributed by atoms with van der Waals surface area (Å²) in [7, 11) is -2.41. The number of aliphatic carboxylic acids is 1. The van der Waals surface area contributed by atoms with Crippen molar-refractivity contribution in [3.05, 3.63) is 270 Å². The van der Waals surface area contributed by atoms with Crippen LogP contribution in [0.4, 0.5) is 39.0 Å². The van der Waals surface area contributed by atoms with E-state index in [1.165, 1.54) is 95.2 Å². The summed E-state index contributed by atoms with van der Waals surface area (Å²) in [6.45, 7) is 29.1. The fourth-order valence-corrected chi connectivity index (χ4v) is 10.7. The zero-order chi connectivity index (χ0) is 75.7. The number of carbonyl (C=O) groups is 3. The van der Waals surface area contributed by atoms with Crippen LogP contribution in [0.2, 0.25) is 54.3 Å². The second-order valence-corrected chi connectivity index (χ2v) is 37.4. The van der Waals surface area contributed by atoms with Gasteiger partial charge in [-0.2, -0.15) is 0 Å². The van der Waals surface area contributed by atoms with Gasteiger partial charge in [0.15, 0.2) is 0 Å². The number of nitrogens with zero attached hydrogens (tertiary/aromatic N) is 5. The highest BCUT2D eigenvalue weighted by Crippen LogP contribution is 2.28. The number of anilines is 3. The summed E-state index contributed by atoms with van der Waals surface area (Å²) >= 11 is 21.4. The summed E-state index contributed by atoms with van der Waals surface area (Å²) in [5.74, 6) is 9.97. The molecule has 8 aromatic rings. The topological polar surface area (TPSA) is 99.7 Å². The van der Waals surface area contributed by atoms with E-state index < -0.39 is 22.1 Å². The Labute approximate surface area is 630 Å². The monoisotopic (exact) mass is 1550 g/mol. The van der Waals surface area contributed by atoms with Gasteiger partial charge in [0.25, 0.3) is 5.91 Å². The van der Waals surface area contributed by atoms with Gasteiger partial charge in [-0.3, -0.25) is 9.59 Å². The maximum absolute atomic E-state index is 12.9. The van der Waals surface area contributed by atoms with Crippen molar-refractivity contribution in [1.82, 2.24) is 15.1 Å². The van der Waals surface area contributed by atoms with Crippen molar-refractivity contribution in [1.29, 1.82) is 0 Å². The number of hydrogen-bond donors (Lipinski definition) is 2. The van der Waals surface area contributed by atoms with E-state index in [4.69, 9.17) is 46.3 Å². The summed E-state index contributed by atoms with van der Waals surface area (Å²) in [5, 5.41) is 13.8. The Hall–Kier alpha value is -9.06. The summed E-state index contributed by atoms with van der Waals surface area (Å²) < 4.78 is 63.6. The molecule has 538 valence electrons. The number of hydrogen-bond acceptors (Lipinski definition) is 7. The van der Waals surface area contributed by atoms with Crippen molar-refractivity contribution >= 4 is 108 Å². The fourth-order valence-electron chi connectivity index (χ4n) is 9.46. The second kappa shape index (κ2) is 43.1. The van der Waals surface area contributed by atoms with Crippen molar-refractivity contribution < 1.29 is 41.4 Å². The van der Waals surface area contributed by atoms with Crippen LogP contribution in [0.15, 0.2) is 186 Å². The van der Waals surface area contributed by atoms with Crippen molar-refractivity contribution in [2.75, 3.05) is 93.2 Å². The van der Waals surface area contributed by atoms with E-state index >= 15 is 0 Å². The van der Waals surface area contributed by atoms with Crippen molar-refractivity contribution in [2.24, 2.45) is 0 Å². The van der Waals surface area contributed by atoms with E-state index in [0.717, 1.165) is 89.4 Å². The SMILES string of the molecule is C#C[Si](C)(C)C.C[Si](C)(C)C#Cc1ccc(F)cc1.Cc1ccc(Cl)cc1N1CCN(C(=O)/C=C\c2ccc(F)cc2)CC1.Cc1ccc(Cl)cc1N1CCN(C(=O)C#Cc2ccc(F)cc2)CC1.Cc1ccc(Cl)cc1N1CCNCC1.Fc1ccc(Br)cc1.O=C(O)C#Cc1ccc(F)cc1. The van der Waals surface area contributed by atoms with Gasteiger partial charge in [-0.25, -0.2) is 26.7 Å². The number of piperazine rings is 3. The number of aryl methyl sites for hydroxylation is 3. The number of carboxylic acid groups (broad SMARTS) is 1. The van der Waals surface area contributed by atoms with Gasteiger partial charge in [-0.05, 0) is 195 Å². The van der Waals surface area contributed by atoms with Gasteiger partial charge in [0.05, 0.1) is 0 Å². The highest BCUT2D eigenvalue weighted by molar-refractivity contribution is 9.10. The molecular weight excluding hydrogens is 1470 g/mol. The van der Waals surface area contributed by atoms with Crippen LogP contribution in [-0.2, 0) is 14.4 Å². The van der Waals surface area contributed by atoms with Crippen LogP contribution in [0, 0.1) is 97.0 Å². The van der Waals surface area contributed by atoms with Gasteiger partial charge < -0.3 is 34.9 Å². The molecule has 0 radical (unpaired) electrons. The zero-order valence-corrected chi connectivity index (χ0v) is 65.1. The molecule has 3 saturated heterocycles. The fraction of sp³-hybridized carbons (Fsp3) is 0.256. The van der Waals surface area contributed by atoms with Crippen LogP contribution in [-0.4, -0.2) is 127 Å². The van der Waals surface area contributed by atoms with Gasteiger partial charge in [-0.1, -0.05) is 138 Å². The third-order valence-electron chi connectivity index (χ3n) is 15.1. The van der Waals surface area contributed by atoms with Crippen LogP contribution < -0.4 is 20.0 Å². The van der Waals surface area contributed by atoms with E-state index in [1.54, 1.807) is 65.6 Å². The third-order valence-corrected chi connectivity index (χ3v) is 18.1. The summed E-state index contributed by atoms with van der Waals surface area (Å²) in [6.07, 6.45) is 8.38. The van der Waals surface area contributed by atoms with Crippen LogP contribution in [0.1, 0.15) is 38.9 Å². The van der Waals surface area contributed by atoms with Gasteiger partial charge in [0.1, 0.15) is 45.2 Å². The molecule has 11 rings (SSSR count). The number of benzene rings is 8. The van der Waals surface area contributed by atoms with E-state index in [9.17, 15) is 36.3 Å². The average molecular weight is 1560 g/mol. The molecule has 21 heteroatoms. The molecule has 2 N–H and O–H groups in total. The van der Waals surface area contributed by atoms with Crippen molar-refractivity contribution in [2.45, 2.75) is 60.1 Å². The Kier molecular flexibility index (Phi) is 35.4. The molecule has 0 aromatic heterocycles. The molecule has 0 unspecified atom stereocenters. The molecule has 103 heavy (non-hydrogen) atoms. The number of nitrogens with one attached hydrogen (secondary N) is 1. The number of amides is 2. The number of halogens is 9. The van der Waals surface area contributed by atoms with Crippen LogP contribution in [0.25, 0.3) is 6.08 Å². The van der Waals surface area contributed by atoms with Gasteiger partial charge in [-0.15, -0.1) is 17.5 Å². The lowest BCUT2D eigenvalue weighted by Gasteiger charge is -2.36. The van der Waals surface area contributed by atoms with Gasteiger partial charge >= 0.3 is 5.97 Å². The third kappa shape index (κ3) is 33.3. The van der Waals surface area contributed by atoms with Crippen LogP contribution in [0.3, 0.4) is 0 Å². The Balaban J connectivity index is 0.000000227. The molecule has 10 nitrogen and oxygen atoms in total. The summed E-state index contributed by atoms with van der Waals surface area (Å²) in [5.41, 5.74) is 15.9. The van der Waals surface area contributed by atoms with E-state index in [0.29, 0.717) is 42.3 Å². The Morgan fingerprint density at radius 3 is 1.15 bits per heavy atom. The smallest absolute Gasteiger partial charge is 0.382 e. The molecule has 3 heterocycles. The summed E-state index contributed by atoms with van der Waals surface area (Å²) in [6, 6.07) is 47.4. The first-order valence-corrected chi connectivity index (χ1v) is 42.0. The van der Waals surface area contributed by atoms with Crippen molar-refractivity contribution in [3.63, 3.8) is 0 Å². The van der Waals surface area contributed by atoms with E-state index in [-0.39, 0.29) is 40.9 Å². The maximum Gasteiger partial charge on any atom is 0.382 e. The van der Waals surface area contributed by atoms with Gasteiger partial charge in [0, 0.05) is 150 Å². The van der Waals surface area contributed by atoms with E-state index in [1.807, 2.05) is 53.3 Å². The molecule has 8 aromatic carbocycles. The first-order valence-electron chi connectivity index (χ1n) is 33.0. The average Bonchev–Trinajstić information content (AvgIpc) is 0.842.